The molecule has 1 aliphatic rings. The van der Waals surface area contributed by atoms with Crippen molar-refractivity contribution in [2.75, 3.05) is 0 Å². The molecular weight excluding hydrogens is 651 g/mol. The van der Waals surface area contributed by atoms with Gasteiger partial charge in [0.1, 0.15) is 34.9 Å². The van der Waals surface area contributed by atoms with Gasteiger partial charge in [0.05, 0.1) is 0 Å². The molecule has 0 radical (unpaired) electrons. The van der Waals surface area contributed by atoms with Gasteiger partial charge in [-0.3, -0.25) is 0 Å². The monoisotopic (exact) mass is 678 g/mol. The maximum Gasteiger partial charge on any atom is 0.470 e. The first-order valence-corrected chi connectivity index (χ1v) is 15.8. The average molecular weight is 678 g/mol. The van der Waals surface area contributed by atoms with E-state index in [2.05, 4.69) is 0 Å². The van der Waals surface area contributed by atoms with Gasteiger partial charge in [-0.25, -0.2) is 26.3 Å². The molecule has 0 atom stereocenters. The molecule has 12 heteroatoms. The Morgan fingerprint density at radius 3 is 0.840 bits per heavy atom. The van der Waals surface area contributed by atoms with Gasteiger partial charge in [-0.15, -0.1) is 0 Å². The maximum atomic E-state index is 15.7. The summed E-state index contributed by atoms with van der Waals surface area (Å²) in [4.78, 5) is 0. The molecule has 0 amide bonds. The zero-order valence-corrected chi connectivity index (χ0v) is 26.8. The summed E-state index contributed by atoms with van der Waals surface area (Å²) in [7, 11) is -4.50. The predicted octanol–water partition coefficient (Wildman–Crippen LogP) is 8.10. The van der Waals surface area contributed by atoms with Crippen LogP contribution in [0.3, 0.4) is 0 Å². The SMILES string of the molecule is CC.Fc1cccc(-c2ccc(B3OB(c4ccc(-c5cccc(F)c5)cc4F)OB(c4ccc(-c5cccc(F)c5)cc4F)O3)c(F)c2)c1. The molecular formula is C38H27B3F6O3. The van der Waals surface area contributed by atoms with Crippen molar-refractivity contribution in [1.29, 1.82) is 0 Å². The summed E-state index contributed by atoms with van der Waals surface area (Å²) >= 11 is 0. The van der Waals surface area contributed by atoms with Crippen molar-refractivity contribution in [1.82, 2.24) is 0 Å². The van der Waals surface area contributed by atoms with Gasteiger partial charge < -0.3 is 13.7 Å². The van der Waals surface area contributed by atoms with E-state index in [1.54, 1.807) is 36.4 Å². The Morgan fingerprint density at radius 1 is 0.340 bits per heavy atom. The first-order chi connectivity index (χ1) is 24.2. The Labute approximate surface area is 286 Å². The van der Waals surface area contributed by atoms with Gasteiger partial charge in [-0.1, -0.05) is 86.6 Å². The summed E-state index contributed by atoms with van der Waals surface area (Å²) in [5.74, 6) is -3.79. The van der Waals surface area contributed by atoms with Crippen LogP contribution in [-0.4, -0.2) is 21.4 Å². The quantitative estimate of drug-likeness (QED) is 0.132. The van der Waals surface area contributed by atoms with Crippen molar-refractivity contribution in [2.24, 2.45) is 0 Å². The van der Waals surface area contributed by atoms with E-state index in [1.807, 2.05) is 13.8 Å². The summed E-state index contributed by atoms with van der Waals surface area (Å²) in [6.07, 6.45) is 0. The Hall–Kier alpha value is -5.03. The maximum absolute atomic E-state index is 15.7. The van der Waals surface area contributed by atoms with Gasteiger partial charge in [0, 0.05) is 16.4 Å². The summed E-state index contributed by atoms with van der Waals surface area (Å²) in [6.45, 7) is 4.00. The molecule has 0 unspecified atom stereocenters. The number of hydrogen-bond acceptors (Lipinski definition) is 3. The van der Waals surface area contributed by atoms with Gasteiger partial charge in [0.25, 0.3) is 0 Å². The molecule has 0 spiro atoms. The van der Waals surface area contributed by atoms with Crippen LogP contribution in [-0.2, 0) is 13.7 Å². The largest absolute Gasteiger partial charge is 0.470 e. The summed E-state index contributed by atoms with van der Waals surface area (Å²) in [5.41, 5.74) is 2.17. The minimum atomic E-state index is -1.50. The van der Waals surface area contributed by atoms with E-state index in [1.165, 1.54) is 91.0 Å². The second-order valence-electron chi connectivity index (χ2n) is 11.1. The molecule has 1 saturated heterocycles. The molecule has 0 aromatic heterocycles. The van der Waals surface area contributed by atoms with Crippen molar-refractivity contribution in [2.45, 2.75) is 13.8 Å². The smallest absolute Gasteiger partial charge is 0.444 e. The summed E-state index contributed by atoms with van der Waals surface area (Å²) in [6, 6.07) is 29.3. The molecule has 1 heterocycles. The van der Waals surface area contributed by atoms with Crippen LogP contribution >= 0.6 is 0 Å². The lowest BCUT2D eigenvalue weighted by atomic mass is 9.61. The topological polar surface area (TPSA) is 27.7 Å². The zero-order valence-electron chi connectivity index (χ0n) is 26.8. The Kier molecular flexibility index (Phi) is 10.6. The van der Waals surface area contributed by atoms with Crippen LogP contribution in [0.2, 0.25) is 0 Å². The molecule has 3 nitrogen and oxygen atoms in total. The molecule has 1 fully saturated rings. The molecule has 0 aliphatic carbocycles. The molecule has 0 bridgehead atoms. The highest BCUT2D eigenvalue weighted by molar-refractivity contribution is 6.87. The van der Waals surface area contributed by atoms with Gasteiger partial charge in [-0.05, 0) is 88.0 Å². The lowest BCUT2D eigenvalue weighted by molar-refractivity contribution is 0.306. The molecule has 7 rings (SSSR count). The van der Waals surface area contributed by atoms with E-state index >= 15 is 13.2 Å². The predicted molar refractivity (Wildman–Crippen MR) is 186 cm³/mol. The Bertz CT molecular complexity index is 1900. The highest BCUT2D eigenvalue weighted by Gasteiger charge is 2.46. The molecule has 248 valence electrons. The van der Waals surface area contributed by atoms with E-state index in [0.717, 1.165) is 0 Å². The average Bonchev–Trinajstić information content (AvgIpc) is 3.12. The van der Waals surface area contributed by atoms with Crippen molar-refractivity contribution in [3.63, 3.8) is 0 Å². The number of benzene rings is 6. The van der Waals surface area contributed by atoms with Gasteiger partial charge in [0.15, 0.2) is 0 Å². The van der Waals surface area contributed by atoms with Crippen LogP contribution in [0.4, 0.5) is 26.3 Å². The normalized spacial score (nSPS) is 12.8. The van der Waals surface area contributed by atoms with Crippen LogP contribution in [0, 0.1) is 34.9 Å². The van der Waals surface area contributed by atoms with Crippen LogP contribution < -0.4 is 16.4 Å². The fourth-order valence-electron chi connectivity index (χ4n) is 5.57. The van der Waals surface area contributed by atoms with E-state index in [0.29, 0.717) is 33.4 Å². The van der Waals surface area contributed by atoms with Crippen molar-refractivity contribution in [3.05, 3.63) is 162 Å². The minimum absolute atomic E-state index is 0.0953. The Morgan fingerprint density at radius 2 is 0.600 bits per heavy atom. The van der Waals surface area contributed by atoms with Crippen molar-refractivity contribution in [3.8, 4) is 33.4 Å². The molecule has 6 aromatic rings. The molecule has 50 heavy (non-hydrogen) atoms. The molecule has 0 saturated carbocycles. The fourth-order valence-corrected chi connectivity index (χ4v) is 5.57. The summed E-state index contributed by atoms with van der Waals surface area (Å²) < 4.78 is 106. The number of halogens is 6. The highest BCUT2D eigenvalue weighted by atomic mass is 19.1. The lowest BCUT2D eigenvalue weighted by Crippen LogP contribution is -2.62. The van der Waals surface area contributed by atoms with Crippen molar-refractivity contribution < 1.29 is 40.1 Å². The molecule has 6 aromatic carbocycles. The first-order valence-electron chi connectivity index (χ1n) is 15.8. The van der Waals surface area contributed by atoms with E-state index in [4.69, 9.17) is 13.7 Å². The first kappa shape index (κ1) is 34.8. The summed E-state index contributed by atoms with van der Waals surface area (Å²) in [5, 5.41) is 0. The van der Waals surface area contributed by atoms with Crippen LogP contribution in [0.15, 0.2) is 127 Å². The second-order valence-corrected chi connectivity index (χ2v) is 11.1. The van der Waals surface area contributed by atoms with Gasteiger partial charge >= 0.3 is 21.4 Å². The zero-order chi connectivity index (χ0) is 35.4. The third kappa shape index (κ3) is 7.58. The van der Waals surface area contributed by atoms with Gasteiger partial charge in [0.2, 0.25) is 0 Å². The van der Waals surface area contributed by atoms with Crippen LogP contribution in [0.25, 0.3) is 33.4 Å². The van der Waals surface area contributed by atoms with E-state index in [9.17, 15) is 13.2 Å². The number of rotatable bonds is 6. The Balaban J connectivity index is 0.00000212. The van der Waals surface area contributed by atoms with Crippen LogP contribution in [0.1, 0.15) is 13.8 Å². The number of hydrogen-bond donors (Lipinski definition) is 0. The third-order valence-electron chi connectivity index (χ3n) is 7.98. The van der Waals surface area contributed by atoms with E-state index in [-0.39, 0.29) is 16.4 Å². The molecule has 1 aliphatic heterocycles. The highest BCUT2D eigenvalue weighted by Crippen LogP contribution is 2.25. The van der Waals surface area contributed by atoms with Crippen LogP contribution in [0.5, 0.6) is 0 Å². The third-order valence-corrected chi connectivity index (χ3v) is 7.98. The van der Waals surface area contributed by atoms with E-state index < -0.39 is 56.3 Å². The molecule has 0 N–H and O–H groups in total. The minimum Gasteiger partial charge on any atom is -0.444 e. The standard InChI is InChI=1S/C36H21B3F6O3.C2H6/c40-28-7-1-4-22(16-28)25-10-13-31(34(43)19-25)37-46-38(32-14-11-26(20-35(32)44)23-5-2-8-29(41)17-23)48-39(47-37)33-15-12-27(21-36(33)45)24-6-3-9-30(42)18-24;1-2/h1-21H;1-2H3. The fraction of sp³-hybridized carbons (Fsp3) is 0.0526. The van der Waals surface area contributed by atoms with Crippen molar-refractivity contribution >= 4 is 37.7 Å². The van der Waals surface area contributed by atoms with Gasteiger partial charge in [-0.2, -0.15) is 0 Å². The lowest BCUT2D eigenvalue weighted by Gasteiger charge is -2.32. The second kappa shape index (κ2) is 15.3.